The first-order valence-electron chi connectivity index (χ1n) is 9.89. The summed E-state index contributed by atoms with van der Waals surface area (Å²) in [4.78, 5) is 57.7. The molecule has 36 heavy (non-hydrogen) atoms. The van der Waals surface area contributed by atoms with Gasteiger partial charge in [0, 0.05) is 0 Å². The average Bonchev–Trinajstić information content (AvgIpc) is 3.57. The minimum Gasteiger partial charge on any atom is -0.344 e. The normalized spacial score (nSPS) is 12.0. The first kappa shape index (κ1) is 22.0. The monoisotopic (exact) mass is 490 g/mol. The maximum Gasteiger partial charge on any atom is 0.318 e. The van der Waals surface area contributed by atoms with Gasteiger partial charge in [0.2, 0.25) is 0 Å². The van der Waals surface area contributed by atoms with E-state index < -0.39 is 42.4 Å². The van der Waals surface area contributed by atoms with Crippen LogP contribution in [0.25, 0.3) is 46.4 Å². The van der Waals surface area contributed by atoms with E-state index in [1.807, 2.05) is 0 Å². The lowest BCUT2D eigenvalue weighted by molar-refractivity contribution is -0.384. The van der Waals surface area contributed by atoms with Crippen LogP contribution in [-0.4, -0.2) is 39.6 Å². The van der Waals surface area contributed by atoms with Gasteiger partial charge in [0.1, 0.15) is 44.8 Å². The molecule has 2 aliphatic rings. The topological polar surface area (TPSA) is 230 Å². The summed E-state index contributed by atoms with van der Waals surface area (Å²) in [5, 5.41) is 47.5. The van der Waals surface area contributed by atoms with Crippen molar-refractivity contribution in [2.45, 2.75) is 0 Å². The molecule has 0 unspecified atom stereocenters. The molecule has 0 amide bonds. The lowest BCUT2D eigenvalue weighted by Crippen LogP contribution is -1.96. The van der Waals surface area contributed by atoms with Crippen molar-refractivity contribution in [1.82, 2.24) is 19.9 Å². The first-order valence-corrected chi connectivity index (χ1v) is 9.89. The van der Waals surface area contributed by atoms with Gasteiger partial charge in [0.05, 0.1) is 19.7 Å². The average molecular weight is 490 g/mol. The summed E-state index contributed by atoms with van der Waals surface area (Å²) in [7, 11) is 0. The Labute approximate surface area is 196 Å². The molecule has 3 aromatic rings. The summed E-state index contributed by atoms with van der Waals surface area (Å²) in [6.45, 7) is 0. The lowest BCUT2D eigenvalue weighted by Gasteiger charge is -1.95. The number of fused-ring (bicyclic) bond motifs is 8. The van der Waals surface area contributed by atoms with Gasteiger partial charge in [-0.2, -0.15) is 0 Å². The third kappa shape index (κ3) is 3.41. The summed E-state index contributed by atoms with van der Waals surface area (Å²) in [6, 6.07) is 4.88. The number of nitro groups is 4. The SMILES string of the molecule is O=[N+]([O-])c1c2nc(c([N+](=O)[O-])c3ccc([nH]3)c([N+](=O)[O-])c3nc(c([N+](=O)[O-])c4ccc1[nH]4)C=C3)C=C2. The van der Waals surface area contributed by atoms with E-state index in [0.717, 1.165) is 0 Å². The van der Waals surface area contributed by atoms with Crippen LogP contribution in [0.15, 0.2) is 24.3 Å². The highest BCUT2D eigenvalue weighted by Crippen LogP contribution is 2.35. The Kier molecular flexibility index (Phi) is 4.83. The van der Waals surface area contributed by atoms with Gasteiger partial charge >= 0.3 is 22.7 Å². The second kappa shape index (κ2) is 7.90. The summed E-state index contributed by atoms with van der Waals surface area (Å²) in [6.07, 6.45) is 4.76. The quantitative estimate of drug-likeness (QED) is 0.268. The summed E-state index contributed by atoms with van der Waals surface area (Å²) < 4.78 is 0. The highest BCUT2D eigenvalue weighted by atomic mass is 16.6. The van der Waals surface area contributed by atoms with Crippen molar-refractivity contribution in [3.05, 3.63) is 87.5 Å². The van der Waals surface area contributed by atoms with Crippen molar-refractivity contribution in [2.24, 2.45) is 0 Å². The fraction of sp³-hybridized carbons (Fsp3) is 0. The largest absolute Gasteiger partial charge is 0.344 e. The molecule has 2 N–H and O–H groups in total. The van der Waals surface area contributed by atoms with Crippen LogP contribution in [0.1, 0.15) is 22.8 Å². The zero-order valence-corrected chi connectivity index (χ0v) is 17.6. The molecule has 0 atom stereocenters. The molecular formula is C20H10N8O8. The van der Waals surface area contributed by atoms with Gasteiger partial charge < -0.3 is 9.97 Å². The molecule has 0 aliphatic carbocycles. The van der Waals surface area contributed by atoms with Crippen molar-refractivity contribution >= 4 is 69.1 Å². The lowest BCUT2D eigenvalue weighted by atomic mass is 10.3. The van der Waals surface area contributed by atoms with Gasteiger partial charge in [0.25, 0.3) is 0 Å². The summed E-state index contributed by atoms with van der Waals surface area (Å²) >= 11 is 0. The molecule has 2 aliphatic heterocycles. The van der Waals surface area contributed by atoms with Crippen LogP contribution in [0.2, 0.25) is 0 Å². The van der Waals surface area contributed by atoms with Gasteiger partial charge in [-0.3, -0.25) is 40.5 Å². The Morgan fingerprint density at radius 2 is 0.694 bits per heavy atom. The third-order valence-electron chi connectivity index (χ3n) is 5.37. The molecule has 16 heteroatoms. The van der Waals surface area contributed by atoms with Gasteiger partial charge in [-0.1, -0.05) is 0 Å². The molecule has 0 aromatic carbocycles. The number of H-pyrrole nitrogens is 2. The molecule has 178 valence electrons. The van der Waals surface area contributed by atoms with Crippen molar-refractivity contribution < 1.29 is 19.7 Å². The number of nitrogens with zero attached hydrogens (tertiary/aromatic N) is 6. The van der Waals surface area contributed by atoms with E-state index in [0.29, 0.717) is 0 Å². The Morgan fingerprint density at radius 3 is 0.889 bits per heavy atom. The fourth-order valence-electron chi connectivity index (χ4n) is 3.91. The Balaban J connectivity index is 2.07. The number of nitrogens with one attached hydrogen (secondary N) is 2. The second-order valence-corrected chi connectivity index (χ2v) is 7.43. The van der Waals surface area contributed by atoms with Crippen molar-refractivity contribution in [1.29, 1.82) is 0 Å². The smallest absolute Gasteiger partial charge is 0.318 e. The molecule has 8 bridgehead atoms. The maximum absolute atomic E-state index is 11.9. The van der Waals surface area contributed by atoms with Crippen LogP contribution >= 0.6 is 0 Å². The number of hydrogen-bond acceptors (Lipinski definition) is 10. The molecule has 5 rings (SSSR count). The molecule has 5 heterocycles. The maximum atomic E-state index is 11.9. The predicted octanol–water partition coefficient (Wildman–Crippen LogP) is 4.29. The third-order valence-corrected chi connectivity index (χ3v) is 5.37. The molecule has 0 saturated carbocycles. The van der Waals surface area contributed by atoms with Crippen molar-refractivity contribution in [2.75, 3.05) is 0 Å². The van der Waals surface area contributed by atoms with Crippen molar-refractivity contribution in [3.63, 3.8) is 0 Å². The number of hydrogen-bond donors (Lipinski definition) is 2. The molecule has 0 radical (unpaired) electrons. The van der Waals surface area contributed by atoms with Gasteiger partial charge in [-0.05, 0) is 48.6 Å². The van der Waals surface area contributed by atoms with E-state index in [1.54, 1.807) is 0 Å². The molecule has 16 nitrogen and oxygen atoms in total. The van der Waals surface area contributed by atoms with Crippen LogP contribution in [0, 0.1) is 40.5 Å². The van der Waals surface area contributed by atoms with Crippen LogP contribution in [0.4, 0.5) is 22.7 Å². The van der Waals surface area contributed by atoms with E-state index >= 15 is 0 Å². The highest BCUT2D eigenvalue weighted by molar-refractivity contribution is 5.90. The first-order chi connectivity index (χ1) is 17.2. The molecule has 0 spiro atoms. The Morgan fingerprint density at radius 1 is 0.472 bits per heavy atom. The summed E-state index contributed by atoms with van der Waals surface area (Å²) in [5.74, 6) is 0. The highest BCUT2D eigenvalue weighted by Gasteiger charge is 2.27. The van der Waals surface area contributed by atoms with Gasteiger partial charge in [-0.25, -0.2) is 9.97 Å². The minimum atomic E-state index is -0.771. The van der Waals surface area contributed by atoms with E-state index in [1.165, 1.54) is 48.6 Å². The molecule has 3 aromatic heterocycles. The predicted molar refractivity (Wildman–Crippen MR) is 125 cm³/mol. The van der Waals surface area contributed by atoms with Crippen LogP contribution in [0.5, 0.6) is 0 Å². The van der Waals surface area contributed by atoms with Gasteiger partial charge in [0.15, 0.2) is 0 Å². The number of rotatable bonds is 4. The zero-order chi connectivity index (χ0) is 25.7. The fourth-order valence-corrected chi connectivity index (χ4v) is 3.91. The summed E-state index contributed by atoms with van der Waals surface area (Å²) in [5.41, 5.74) is -3.86. The Bertz CT molecular complexity index is 1520. The van der Waals surface area contributed by atoms with Crippen molar-refractivity contribution in [3.8, 4) is 0 Å². The standard InChI is InChI=1S/C20H10N8O8/c29-25(30)17-9-1-2-10(21-9)18(26(31)32)12-5-6-14(23-12)20(28(35)36)16-8-7-15(24-16)19(27(33)34)13-4-3-11(17)22-13/h1-8,21,24H. The second-order valence-electron chi connectivity index (χ2n) is 7.43. The zero-order valence-electron chi connectivity index (χ0n) is 17.6. The van der Waals surface area contributed by atoms with E-state index in [4.69, 9.17) is 0 Å². The van der Waals surface area contributed by atoms with Crippen LogP contribution in [0.3, 0.4) is 0 Å². The van der Waals surface area contributed by atoms with E-state index in [-0.39, 0.29) is 44.8 Å². The number of aromatic amines is 2. The number of aromatic nitrogens is 4. The molecular weight excluding hydrogens is 480 g/mol. The van der Waals surface area contributed by atoms with E-state index in [2.05, 4.69) is 19.9 Å². The molecule has 0 fully saturated rings. The van der Waals surface area contributed by atoms with Crippen LogP contribution < -0.4 is 0 Å². The molecule has 0 saturated heterocycles. The van der Waals surface area contributed by atoms with Crippen LogP contribution in [-0.2, 0) is 0 Å². The minimum absolute atomic E-state index is 0.153. The Hall–Kier alpha value is -5.80. The van der Waals surface area contributed by atoms with Gasteiger partial charge in [-0.15, -0.1) is 0 Å². The van der Waals surface area contributed by atoms with E-state index in [9.17, 15) is 40.5 Å².